The van der Waals surface area contributed by atoms with Crippen molar-refractivity contribution in [2.24, 2.45) is 0 Å². The number of halogens is 2. The number of aromatic nitrogens is 3. The maximum absolute atomic E-state index is 12.7. The zero-order valence-corrected chi connectivity index (χ0v) is 17.2. The van der Waals surface area contributed by atoms with E-state index in [1.54, 1.807) is 34.8 Å². The molecule has 0 atom stereocenters. The Morgan fingerprint density at radius 3 is 2.62 bits per heavy atom. The Hall–Kier alpha value is -2.94. The largest absolute Gasteiger partial charge is 0.465 e. The third-order valence-corrected chi connectivity index (χ3v) is 5.45. The second-order valence-electron chi connectivity index (χ2n) is 5.87. The Morgan fingerprint density at radius 2 is 1.90 bits per heavy atom. The highest BCUT2D eigenvalue weighted by Crippen LogP contribution is 2.33. The first-order valence-electron chi connectivity index (χ1n) is 8.26. The van der Waals surface area contributed by atoms with E-state index in [2.05, 4.69) is 15.4 Å². The molecule has 2 heterocycles. The topological polar surface area (TPSA) is 85.6 Å². The molecular weight excluding hydrogens is 435 g/mol. The third-order valence-electron chi connectivity index (χ3n) is 4.09. The van der Waals surface area contributed by atoms with E-state index >= 15 is 0 Å². The molecule has 0 unspecified atom stereocenters. The average Bonchev–Trinajstić information content (AvgIpc) is 3.28. The van der Waals surface area contributed by atoms with E-state index in [0.717, 1.165) is 11.3 Å². The Kier molecular flexibility index (Phi) is 5.23. The van der Waals surface area contributed by atoms with Gasteiger partial charge in [0.15, 0.2) is 0 Å². The maximum Gasteiger partial charge on any atom is 0.338 e. The van der Waals surface area contributed by atoms with Gasteiger partial charge in [-0.05, 0) is 30.3 Å². The minimum Gasteiger partial charge on any atom is -0.465 e. The van der Waals surface area contributed by atoms with E-state index in [1.807, 2.05) is 5.38 Å². The summed E-state index contributed by atoms with van der Waals surface area (Å²) in [6, 6.07) is 11.5. The van der Waals surface area contributed by atoms with Crippen LogP contribution in [0, 0.1) is 0 Å². The van der Waals surface area contributed by atoms with Gasteiger partial charge in [-0.2, -0.15) is 4.98 Å². The normalized spacial score (nSPS) is 10.9. The number of thiazole rings is 1. The number of amides is 1. The van der Waals surface area contributed by atoms with Crippen molar-refractivity contribution < 1.29 is 14.3 Å². The molecule has 1 amide bonds. The van der Waals surface area contributed by atoms with Crippen molar-refractivity contribution in [1.29, 1.82) is 0 Å². The summed E-state index contributed by atoms with van der Waals surface area (Å²) in [6.07, 6.45) is 0. The molecular formula is C19H12Cl2N4O3S. The number of hydrogen-bond acceptors (Lipinski definition) is 6. The molecule has 10 heteroatoms. The van der Waals surface area contributed by atoms with Gasteiger partial charge in [0, 0.05) is 16.0 Å². The molecule has 2 aromatic carbocycles. The summed E-state index contributed by atoms with van der Waals surface area (Å²) in [5.41, 5.74) is 1.77. The van der Waals surface area contributed by atoms with Gasteiger partial charge in [-0.3, -0.25) is 10.1 Å². The number of esters is 1. The van der Waals surface area contributed by atoms with Gasteiger partial charge in [0.05, 0.1) is 29.0 Å². The fraction of sp³-hybridized carbons (Fsp3) is 0.0526. The van der Waals surface area contributed by atoms with E-state index in [4.69, 9.17) is 27.9 Å². The lowest BCUT2D eigenvalue weighted by Gasteiger charge is -2.06. The molecule has 1 N–H and O–H groups in total. The first-order valence-corrected chi connectivity index (χ1v) is 9.90. The molecule has 0 bridgehead atoms. The minimum absolute atomic E-state index is 0.104. The summed E-state index contributed by atoms with van der Waals surface area (Å²) >= 11 is 13.6. The number of nitrogens with zero attached hydrogens (tertiary/aromatic N) is 3. The van der Waals surface area contributed by atoms with Gasteiger partial charge < -0.3 is 4.74 Å². The average molecular weight is 447 g/mol. The standard InChI is InChI=1S/C19H12Cl2N4O3S/c1-28-17(27)12-5-3-2-4-11(12)16(26)22-18-23-19-25(24-18)15(9-29-19)13-7-6-10(20)8-14(13)21/h2-9H,1H3,(H,22,24,26). The van der Waals surface area contributed by atoms with Crippen LogP contribution in [0.25, 0.3) is 16.2 Å². The third kappa shape index (κ3) is 3.69. The Bertz CT molecular complexity index is 1250. The van der Waals surface area contributed by atoms with Crippen molar-refractivity contribution in [3.8, 4) is 11.3 Å². The molecule has 146 valence electrons. The number of rotatable bonds is 4. The van der Waals surface area contributed by atoms with E-state index in [-0.39, 0.29) is 17.1 Å². The summed E-state index contributed by atoms with van der Waals surface area (Å²) in [4.78, 5) is 29.4. The number of hydrogen-bond donors (Lipinski definition) is 1. The van der Waals surface area contributed by atoms with Crippen molar-refractivity contribution in [3.05, 3.63) is 69.0 Å². The van der Waals surface area contributed by atoms with Gasteiger partial charge in [0.1, 0.15) is 0 Å². The lowest BCUT2D eigenvalue weighted by Crippen LogP contribution is -2.17. The number of carbonyl (C=O) groups is 2. The molecule has 0 fully saturated rings. The quantitative estimate of drug-likeness (QED) is 0.454. The van der Waals surface area contributed by atoms with Crippen LogP contribution >= 0.6 is 34.5 Å². The minimum atomic E-state index is -0.603. The fourth-order valence-electron chi connectivity index (χ4n) is 2.76. The lowest BCUT2D eigenvalue weighted by molar-refractivity contribution is 0.0597. The highest BCUT2D eigenvalue weighted by atomic mass is 35.5. The van der Waals surface area contributed by atoms with Crippen LogP contribution in [0.3, 0.4) is 0 Å². The molecule has 0 saturated carbocycles. The van der Waals surface area contributed by atoms with Gasteiger partial charge in [0.2, 0.25) is 4.96 Å². The second-order valence-corrected chi connectivity index (χ2v) is 7.55. The zero-order valence-electron chi connectivity index (χ0n) is 14.8. The van der Waals surface area contributed by atoms with Gasteiger partial charge in [0.25, 0.3) is 11.9 Å². The number of anilines is 1. The van der Waals surface area contributed by atoms with Crippen molar-refractivity contribution in [2.75, 3.05) is 12.4 Å². The maximum atomic E-state index is 12.7. The van der Waals surface area contributed by atoms with Gasteiger partial charge >= 0.3 is 5.97 Å². The van der Waals surface area contributed by atoms with Crippen LogP contribution in [-0.4, -0.2) is 33.6 Å². The van der Waals surface area contributed by atoms with E-state index in [0.29, 0.717) is 15.0 Å². The SMILES string of the molecule is COC(=O)c1ccccc1C(=O)Nc1nc2scc(-c3ccc(Cl)cc3Cl)n2n1. The lowest BCUT2D eigenvalue weighted by atomic mass is 10.1. The molecule has 4 aromatic rings. The Morgan fingerprint density at radius 1 is 1.14 bits per heavy atom. The van der Waals surface area contributed by atoms with E-state index < -0.39 is 11.9 Å². The zero-order chi connectivity index (χ0) is 20.5. The van der Waals surface area contributed by atoms with Crippen LogP contribution in [0.15, 0.2) is 47.8 Å². The summed E-state index contributed by atoms with van der Waals surface area (Å²) in [6.45, 7) is 0. The van der Waals surface area contributed by atoms with Crippen LogP contribution in [0.5, 0.6) is 0 Å². The number of benzene rings is 2. The monoisotopic (exact) mass is 446 g/mol. The van der Waals surface area contributed by atoms with Gasteiger partial charge in [-0.25, -0.2) is 9.31 Å². The van der Waals surface area contributed by atoms with Crippen molar-refractivity contribution in [3.63, 3.8) is 0 Å². The number of methoxy groups -OCH3 is 1. The molecule has 2 aromatic heterocycles. The van der Waals surface area contributed by atoms with Crippen LogP contribution in [-0.2, 0) is 4.74 Å². The summed E-state index contributed by atoms with van der Waals surface area (Å²) < 4.78 is 6.31. The molecule has 0 aliphatic carbocycles. The highest BCUT2D eigenvalue weighted by Gasteiger charge is 2.20. The smallest absolute Gasteiger partial charge is 0.338 e. The summed E-state index contributed by atoms with van der Waals surface area (Å²) in [5, 5.41) is 9.84. The van der Waals surface area contributed by atoms with Gasteiger partial charge in [-0.1, -0.05) is 35.3 Å². The number of ether oxygens (including phenoxy) is 1. The van der Waals surface area contributed by atoms with Crippen molar-refractivity contribution >= 4 is 57.3 Å². The Balaban J connectivity index is 1.66. The molecule has 0 spiro atoms. The van der Waals surface area contributed by atoms with Crippen LogP contribution in [0.4, 0.5) is 5.95 Å². The number of fused-ring (bicyclic) bond motifs is 1. The highest BCUT2D eigenvalue weighted by molar-refractivity contribution is 7.15. The predicted octanol–water partition coefficient (Wildman–Crippen LogP) is 4.80. The van der Waals surface area contributed by atoms with Gasteiger partial charge in [-0.15, -0.1) is 16.4 Å². The van der Waals surface area contributed by atoms with Crippen LogP contribution in [0.2, 0.25) is 10.0 Å². The summed E-state index contributed by atoms with van der Waals surface area (Å²) in [7, 11) is 1.26. The second kappa shape index (κ2) is 7.82. The molecule has 0 aliphatic rings. The first kappa shape index (κ1) is 19.4. The molecule has 7 nitrogen and oxygen atoms in total. The number of nitrogens with one attached hydrogen (secondary N) is 1. The van der Waals surface area contributed by atoms with Crippen LogP contribution in [0.1, 0.15) is 20.7 Å². The molecule has 0 aliphatic heterocycles. The fourth-order valence-corrected chi connectivity index (χ4v) is 4.08. The Labute approximate surface area is 178 Å². The van der Waals surface area contributed by atoms with Crippen molar-refractivity contribution in [1.82, 2.24) is 14.6 Å². The van der Waals surface area contributed by atoms with E-state index in [9.17, 15) is 9.59 Å². The molecule has 0 saturated heterocycles. The van der Waals surface area contributed by atoms with E-state index in [1.165, 1.54) is 30.6 Å². The number of carbonyl (C=O) groups excluding carboxylic acids is 2. The molecule has 0 radical (unpaired) electrons. The van der Waals surface area contributed by atoms with Crippen molar-refractivity contribution in [2.45, 2.75) is 0 Å². The predicted molar refractivity (Wildman–Crippen MR) is 112 cm³/mol. The molecule has 4 rings (SSSR count). The summed E-state index contributed by atoms with van der Waals surface area (Å²) in [5.74, 6) is -1.02. The van der Waals surface area contributed by atoms with Crippen LogP contribution < -0.4 is 5.32 Å². The molecule has 29 heavy (non-hydrogen) atoms. The first-order chi connectivity index (χ1) is 14.0.